The van der Waals surface area contributed by atoms with Crippen molar-refractivity contribution in [1.29, 1.82) is 0 Å². The van der Waals surface area contributed by atoms with Crippen molar-refractivity contribution in [3.63, 3.8) is 0 Å². The number of aryl methyl sites for hydroxylation is 1. The van der Waals surface area contributed by atoms with E-state index in [0.29, 0.717) is 10.6 Å². The van der Waals surface area contributed by atoms with Crippen LogP contribution in [0.15, 0.2) is 48.5 Å². The maximum Gasteiger partial charge on any atom is 0.338 e. The van der Waals surface area contributed by atoms with E-state index in [4.69, 9.17) is 16.3 Å². The summed E-state index contributed by atoms with van der Waals surface area (Å²) in [6, 6.07) is 14.6. The van der Waals surface area contributed by atoms with Crippen LogP contribution in [0.4, 0.5) is 0 Å². The zero-order chi connectivity index (χ0) is 15.6. The Kier molecular flexibility index (Phi) is 4.19. The molecule has 22 heavy (non-hydrogen) atoms. The summed E-state index contributed by atoms with van der Waals surface area (Å²) in [7, 11) is 0. The van der Waals surface area contributed by atoms with Crippen molar-refractivity contribution >= 4 is 17.6 Å². The molecule has 0 radical (unpaired) electrons. The van der Waals surface area contributed by atoms with Crippen LogP contribution in [-0.2, 0) is 16.6 Å². The van der Waals surface area contributed by atoms with Gasteiger partial charge in [-0.2, -0.15) is 0 Å². The predicted octanol–water partition coefficient (Wildman–Crippen LogP) is 3.37. The number of ether oxygens (including phenoxy) is 1. The average molecular weight is 317 g/mol. The molecule has 2 aromatic carbocycles. The number of hydrogen-bond acceptors (Lipinski definition) is 3. The molecule has 0 heterocycles. The van der Waals surface area contributed by atoms with Crippen molar-refractivity contribution in [2.24, 2.45) is 0 Å². The number of benzene rings is 2. The SMILES string of the molecule is O=C(OCC1(CO)CCc2ccc(Cl)cc21)c1ccccc1. The number of hydrogen-bond donors (Lipinski definition) is 1. The fourth-order valence-electron chi connectivity index (χ4n) is 2.99. The minimum absolute atomic E-state index is 0.0671. The molecule has 3 rings (SSSR count). The van der Waals surface area contributed by atoms with E-state index < -0.39 is 5.41 Å². The van der Waals surface area contributed by atoms with E-state index in [1.807, 2.05) is 24.3 Å². The Bertz CT molecular complexity index is 684. The Balaban J connectivity index is 1.79. The lowest BCUT2D eigenvalue weighted by atomic mass is 9.83. The molecule has 1 aliphatic rings. The van der Waals surface area contributed by atoms with E-state index in [9.17, 15) is 9.90 Å². The second-order valence-corrected chi connectivity index (χ2v) is 6.12. The molecule has 2 aromatic rings. The number of aliphatic hydroxyl groups is 1. The van der Waals surface area contributed by atoms with Crippen LogP contribution in [-0.4, -0.2) is 24.3 Å². The van der Waals surface area contributed by atoms with Gasteiger partial charge in [0.2, 0.25) is 0 Å². The summed E-state index contributed by atoms with van der Waals surface area (Å²) >= 11 is 6.08. The van der Waals surface area contributed by atoms with Gasteiger partial charge in [0.25, 0.3) is 0 Å². The minimum atomic E-state index is -0.551. The topological polar surface area (TPSA) is 46.5 Å². The molecule has 3 nitrogen and oxygen atoms in total. The van der Waals surface area contributed by atoms with Gasteiger partial charge in [0.1, 0.15) is 6.61 Å². The first-order valence-electron chi connectivity index (χ1n) is 7.27. The second-order valence-electron chi connectivity index (χ2n) is 5.68. The van der Waals surface area contributed by atoms with Crippen molar-refractivity contribution in [3.8, 4) is 0 Å². The van der Waals surface area contributed by atoms with Crippen molar-refractivity contribution in [2.45, 2.75) is 18.3 Å². The molecule has 0 aliphatic heterocycles. The van der Waals surface area contributed by atoms with Crippen LogP contribution in [0.25, 0.3) is 0 Å². The normalized spacial score (nSPS) is 19.7. The van der Waals surface area contributed by atoms with Crippen molar-refractivity contribution in [3.05, 3.63) is 70.2 Å². The van der Waals surface area contributed by atoms with Gasteiger partial charge in [0.15, 0.2) is 0 Å². The number of fused-ring (bicyclic) bond motifs is 1. The maximum atomic E-state index is 12.1. The van der Waals surface area contributed by atoms with Crippen molar-refractivity contribution < 1.29 is 14.6 Å². The maximum absolute atomic E-state index is 12.1. The number of rotatable bonds is 4. The quantitative estimate of drug-likeness (QED) is 0.880. The highest BCUT2D eigenvalue weighted by Crippen LogP contribution is 2.40. The van der Waals surface area contributed by atoms with Crippen LogP contribution in [0.3, 0.4) is 0 Å². The molecule has 0 amide bonds. The Hall–Kier alpha value is -1.84. The largest absolute Gasteiger partial charge is 0.461 e. The molecule has 0 saturated heterocycles. The van der Waals surface area contributed by atoms with Crippen LogP contribution >= 0.6 is 11.6 Å². The first-order valence-corrected chi connectivity index (χ1v) is 7.64. The van der Waals surface area contributed by atoms with Crippen molar-refractivity contribution in [2.75, 3.05) is 13.2 Å². The second kappa shape index (κ2) is 6.11. The van der Waals surface area contributed by atoms with Gasteiger partial charge in [-0.05, 0) is 48.2 Å². The van der Waals surface area contributed by atoms with E-state index in [2.05, 4.69) is 0 Å². The highest BCUT2D eigenvalue weighted by atomic mass is 35.5. The van der Waals surface area contributed by atoms with Crippen molar-refractivity contribution in [1.82, 2.24) is 0 Å². The molecule has 0 saturated carbocycles. The van der Waals surface area contributed by atoms with Gasteiger partial charge in [-0.15, -0.1) is 0 Å². The predicted molar refractivity (Wildman–Crippen MR) is 85.3 cm³/mol. The van der Waals surface area contributed by atoms with Crippen LogP contribution in [0.1, 0.15) is 27.9 Å². The molecule has 1 unspecified atom stereocenters. The zero-order valence-electron chi connectivity index (χ0n) is 12.1. The van der Waals surface area contributed by atoms with Crippen LogP contribution in [0.5, 0.6) is 0 Å². The summed E-state index contributed by atoms with van der Waals surface area (Å²) in [4.78, 5) is 12.1. The lowest BCUT2D eigenvalue weighted by Gasteiger charge is -2.27. The first kappa shape index (κ1) is 15.1. The molecule has 4 heteroatoms. The number of carbonyl (C=O) groups excluding carboxylic acids is 1. The van der Waals surface area contributed by atoms with Gasteiger partial charge >= 0.3 is 5.97 Å². The van der Waals surface area contributed by atoms with E-state index in [1.165, 1.54) is 0 Å². The Morgan fingerprint density at radius 1 is 1.23 bits per heavy atom. The Morgan fingerprint density at radius 3 is 2.73 bits per heavy atom. The highest BCUT2D eigenvalue weighted by Gasteiger charge is 2.39. The lowest BCUT2D eigenvalue weighted by molar-refractivity contribution is 0.0319. The fraction of sp³-hybridized carbons (Fsp3) is 0.278. The molecule has 0 aromatic heterocycles. The summed E-state index contributed by atoms with van der Waals surface area (Å²) in [5, 5.41) is 10.5. The van der Waals surface area contributed by atoms with E-state index in [-0.39, 0.29) is 19.2 Å². The molecule has 1 N–H and O–H groups in total. The highest BCUT2D eigenvalue weighted by molar-refractivity contribution is 6.30. The third-order valence-corrected chi connectivity index (χ3v) is 4.54. The summed E-state index contributed by atoms with van der Waals surface area (Å²) in [6.45, 7) is 0.0903. The zero-order valence-corrected chi connectivity index (χ0v) is 12.8. The van der Waals surface area contributed by atoms with Crippen LogP contribution < -0.4 is 0 Å². The summed E-state index contributed by atoms with van der Waals surface area (Å²) in [6.07, 6.45) is 1.61. The first-order chi connectivity index (χ1) is 10.6. The van der Waals surface area contributed by atoms with Gasteiger partial charge < -0.3 is 9.84 Å². The van der Waals surface area contributed by atoms with E-state index in [0.717, 1.165) is 24.0 Å². The summed E-state index contributed by atoms with van der Waals surface area (Å²) in [5.74, 6) is -0.371. The van der Waals surface area contributed by atoms with Gasteiger partial charge in [0.05, 0.1) is 17.6 Å². The molecule has 0 bridgehead atoms. The Morgan fingerprint density at radius 2 is 2.00 bits per heavy atom. The van der Waals surface area contributed by atoms with Crippen LogP contribution in [0.2, 0.25) is 5.02 Å². The Labute approximate surface area is 134 Å². The monoisotopic (exact) mass is 316 g/mol. The van der Waals surface area contributed by atoms with Gasteiger partial charge in [-0.25, -0.2) is 4.79 Å². The molecule has 0 fully saturated rings. The fourth-order valence-corrected chi connectivity index (χ4v) is 3.16. The summed E-state index contributed by atoms with van der Waals surface area (Å²) < 4.78 is 5.46. The summed E-state index contributed by atoms with van der Waals surface area (Å²) in [5.41, 5.74) is 2.11. The molecular weight excluding hydrogens is 300 g/mol. The third-order valence-electron chi connectivity index (χ3n) is 4.31. The molecule has 1 aliphatic carbocycles. The standard InChI is InChI=1S/C18H17ClO3/c19-15-7-6-13-8-9-18(11-20,16(13)10-15)12-22-17(21)14-4-2-1-3-5-14/h1-7,10,20H,8-9,11-12H2. The molecule has 1 atom stereocenters. The molecular formula is C18H17ClO3. The number of carbonyl (C=O) groups is 1. The number of halogens is 1. The smallest absolute Gasteiger partial charge is 0.338 e. The van der Waals surface area contributed by atoms with Gasteiger partial charge in [-0.1, -0.05) is 35.9 Å². The minimum Gasteiger partial charge on any atom is -0.461 e. The average Bonchev–Trinajstić information content (AvgIpc) is 2.92. The lowest BCUT2D eigenvalue weighted by Crippen LogP contribution is -2.34. The van der Waals surface area contributed by atoms with Crippen LogP contribution in [0, 0.1) is 0 Å². The van der Waals surface area contributed by atoms with E-state index >= 15 is 0 Å². The number of esters is 1. The number of aliphatic hydroxyl groups excluding tert-OH is 1. The van der Waals surface area contributed by atoms with E-state index in [1.54, 1.807) is 24.3 Å². The molecule has 0 spiro atoms. The van der Waals surface area contributed by atoms with Gasteiger partial charge in [0, 0.05) is 5.02 Å². The van der Waals surface area contributed by atoms with Gasteiger partial charge in [-0.3, -0.25) is 0 Å². The molecule has 114 valence electrons. The third kappa shape index (κ3) is 2.74.